The van der Waals surface area contributed by atoms with E-state index < -0.39 is 5.97 Å². The lowest BCUT2D eigenvalue weighted by Crippen LogP contribution is -2.48. The molecule has 1 aromatic carbocycles. The van der Waals surface area contributed by atoms with Gasteiger partial charge in [0.15, 0.2) is 0 Å². The maximum absolute atomic E-state index is 12.3. The van der Waals surface area contributed by atoms with Crippen molar-refractivity contribution in [3.05, 3.63) is 35.9 Å². The number of amides is 1. The van der Waals surface area contributed by atoms with Crippen LogP contribution in [0.1, 0.15) is 25.3 Å². The first-order valence-electron chi connectivity index (χ1n) is 7.11. The van der Waals surface area contributed by atoms with E-state index in [-0.39, 0.29) is 11.9 Å². The third-order valence-corrected chi connectivity index (χ3v) is 3.62. The van der Waals surface area contributed by atoms with E-state index in [0.29, 0.717) is 11.6 Å². The Morgan fingerprint density at radius 3 is 2.95 bits per heavy atom. The number of aliphatic carboxylic acids is 1. The van der Waals surface area contributed by atoms with Crippen LogP contribution in [0.3, 0.4) is 0 Å². The highest BCUT2D eigenvalue weighted by Crippen LogP contribution is 2.18. The van der Waals surface area contributed by atoms with Crippen molar-refractivity contribution in [2.45, 2.75) is 25.8 Å². The number of piperidine rings is 1. The van der Waals surface area contributed by atoms with Gasteiger partial charge in [0.05, 0.1) is 6.04 Å². The fourth-order valence-electron chi connectivity index (χ4n) is 2.51. The number of benzene rings is 1. The fraction of sp³-hybridized carbons (Fsp3) is 0.375. The van der Waals surface area contributed by atoms with Gasteiger partial charge >= 0.3 is 5.97 Å². The molecule has 2 atom stereocenters. The zero-order valence-corrected chi connectivity index (χ0v) is 12.0. The molecule has 1 aliphatic rings. The van der Waals surface area contributed by atoms with Gasteiger partial charge in [-0.2, -0.15) is 0 Å². The first-order chi connectivity index (χ1) is 10.1. The number of hydrogen-bond acceptors (Lipinski definition) is 3. The van der Waals surface area contributed by atoms with Crippen LogP contribution in [0, 0.1) is 5.92 Å². The van der Waals surface area contributed by atoms with Gasteiger partial charge in [0.25, 0.3) is 0 Å². The number of anilines is 1. The second-order valence-corrected chi connectivity index (χ2v) is 5.34. The predicted octanol–water partition coefficient (Wildman–Crippen LogP) is 2.11. The molecule has 2 unspecified atom stereocenters. The molecular weight excluding hydrogens is 268 g/mol. The van der Waals surface area contributed by atoms with E-state index >= 15 is 0 Å². The van der Waals surface area contributed by atoms with E-state index in [0.717, 1.165) is 31.0 Å². The van der Waals surface area contributed by atoms with E-state index in [1.165, 1.54) is 6.08 Å². The number of hydrogen-bond donors (Lipinski definition) is 3. The van der Waals surface area contributed by atoms with Crippen LogP contribution in [0.15, 0.2) is 30.3 Å². The topological polar surface area (TPSA) is 78.4 Å². The fourth-order valence-corrected chi connectivity index (χ4v) is 2.51. The van der Waals surface area contributed by atoms with E-state index in [2.05, 4.69) is 17.6 Å². The molecule has 0 bridgehead atoms. The molecular formula is C16H20N2O3. The summed E-state index contributed by atoms with van der Waals surface area (Å²) in [5.41, 5.74) is 1.41. The van der Waals surface area contributed by atoms with Crippen LogP contribution in [-0.4, -0.2) is 29.6 Å². The van der Waals surface area contributed by atoms with Crippen LogP contribution < -0.4 is 10.6 Å². The Bertz CT molecular complexity index is 554. The standard InChI is InChI=1S/C16H20N2O3/c1-11-4-3-9-17-15(11)16(21)18-13-6-2-5-12(10-13)7-8-14(19)20/h2,5-8,10-11,15,17H,3-4,9H2,1H3,(H,18,21)(H,19,20)/b8-7+. The quantitative estimate of drug-likeness (QED) is 0.741. The van der Waals surface area contributed by atoms with Crippen LogP contribution in [0.25, 0.3) is 6.08 Å². The highest BCUT2D eigenvalue weighted by atomic mass is 16.4. The second-order valence-electron chi connectivity index (χ2n) is 5.34. The molecule has 0 aromatic heterocycles. The molecule has 1 amide bonds. The van der Waals surface area contributed by atoms with Crippen LogP contribution in [0.2, 0.25) is 0 Å². The second kappa shape index (κ2) is 7.04. The van der Waals surface area contributed by atoms with Gasteiger partial charge in [-0.05, 0) is 49.1 Å². The van der Waals surface area contributed by atoms with Crippen molar-refractivity contribution in [3.8, 4) is 0 Å². The number of carboxylic acid groups (broad SMARTS) is 1. The molecule has 0 saturated carbocycles. The maximum Gasteiger partial charge on any atom is 0.328 e. The molecule has 21 heavy (non-hydrogen) atoms. The highest BCUT2D eigenvalue weighted by molar-refractivity contribution is 5.95. The average Bonchev–Trinajstić information content (AvgIpc) is 2.46. The van der Waals surface area contributed by atoms with Crippen LogP contribution in [0.4, 0.5) is 5.69 Å². The molecule has 5 heteroatoms. The lowest BCUT2D eigenvalue weighted by atomic mass is 9.92. The van der Waals surface area contributed by atoms with Gasteiger partial charge in [0, 0.05) is 11.8 Å². The predicted molar refractivity (Wildman–Crippen MR) is 81.9 cm³/mol. The third kappa shape index (κ3) is 4.43. The van der Waals surface area contributed by atoms with Crippen LogP contribution in [0.5, 0.6) is 0 Å². The number of carbonyl (C=O) groups is 2. The van der Waals surface area contributed by atoms with Gasteiger partial charge in [0.2, 0.25) is 5.91 Å². The first-order valence-corrected chi connectivity index (χ1v) is 7.11. The Hall–Kier alpha value is -2.14. The number of carbonyl (C=O) groups excluding carboxylic acids is 1. The summed E-state index contributed by atoms with van der Waals surface area (Å²) in [7, 11) is 0. The van der Waals surface area contributed by atoms with Gasteiger partial charge in [0.1, 0.15) is 0 Å². The van der Waals surface area contributed by atoms with Crippen molar-refractivity contribution in [2.75, 3.05) is 11.9 Å². The molecule has 3 N–H and O–H groups in total. The first kappa shape index (κ1) is 15.3. The largest absolute Gasteiger partial charge is 0.478 e. The van der Waals surface area contributed by atoms with Gasteiger partial charge in [-0.25, -0.2) is 4.79 Å². The maximum atomic E-state index is 12.3. The molecule has 0 radical (unpaired) electrons. The van der Waals surface area contributed by atoms with Crippen molar-refractivity contribution >= 4 is 23.6 Å². The molecule has 0 spiro atoms. The van der Waals surface area contributed by atoms with Gasteiger partial charge in [-0.3, -0.25) is 4.79 Å². The minimum atomic E-state index is -0.996. The summed E-state index contributed by atoms with van der Waals surface area (Å²) in [4.78, 5) is 22.8. The SMILES string of the molecule is CC1CCCNC1C(=O)Nc1cccc(/C=C/C(=O)O)c1. The van der Waals surface area contributed by atoms with Gasteiger partial charge in [-0.1, -0.05) is 19.1 Å². The molecule has 1 aromatic rings. The summed E-state index contributed by atoms with van der Waals surface area (Å²) in [6, 6.07) is 6.96. The van der Waals surface area contributed by atoms with E-state index in [1.807, 2.05) is 0 Å². The number of nitrogens with one attached hydrogen (secondary N) is 2. The summed E-state index contributed by atoms with van der Waals surface area (Å²) >= 11 is 0. The summed E-state index contributed by atoms with van der Waals surface area (Å²) in [6.45, 7) is 2.94. The van der Waals surface area contributed by atoms with Crippen molar-refractivity contribution in [2.24, 2.45) is 5.92 Å². The Balaban J connectivity index is 2.03. The van der Waals surface area contributed by atoms with E-state index in [1.54, 1.807) is 24.3 Å². The zero-order chi connectivity index (χ0) is 15.2. The van der Waals surface area contributed by atoms with Crippen molar-refractivity contribution < 1.29 is 14.7 Å². The Kier molecular flexibility index (Phi) is 5.11. The van der Waals surface area contributed by atoms with Crippen LogP contribution in [-0.2, 0) is 9.59 Å². The summed E-state index contributed by atoms with van der Waals surface area (Å²) in [6.07, 6.45) is 4.72. The molecule has 5 nitrogen and oxygen atoms in total. The van der Waals surface area contributed by atoms with E-state index in [4.69, 9.17) is 5.11 Å². The van der Waals surface area contributed by atoms with Gasteiger partial charge < -0.3 is 15.7 Å². The molecule has 1 heterocycles. The van der Waals surface area contributed by atoms with Gasteiger partial charge in [-0.15, -0.1) is 0 Å². The Labute approximate surface area is 124 Å². The third-order valence-electron chi connectivity index (χ3n) is 3.62. The summed E-state index contributed by atoms with van der Waals surface area (Å²) in [5, 5.41) is 14.8. The van der Waals surface area contributed by atoms with E-state index in [9.17, 15) is 9.59 Å². The number of rotatable bonds is 4. The highest BCUT2D eigenvalue weighted by Gasteiger charge is 2.27. The monoisotopic (exact) mass is 288 g/mol. The summed E-state index contributed by atoms with van der Waals surface area (Å²) in [5.74, 6) is -0.722. The average molecular weight is 288 g/mol. The molecule has 112 valence electrons. The van der Waals surface area contributed by atoms with Crippen molar-refractivity contribution in [1.82, 2.24) is 5.32 Å². The molecule has 0 aliphatic carbocycles. The molecule has 1 fully saturated rings. The molecule has 2 rings (SSSR count). The Morgan fingerprint density at radius 1 is 1.43 bits per heavy atom. The van der Waals surface area contributed by atoms with Crippen molar-refractivity contribution in [1.29, 1.82) is 0 Å². The minimum absolute atomic E-state index is 0.0402. The lowest BCUT2D eigenvalue weighted by Gasteiger charge is -2.28. The molecule has 1 saturated heterocycles. The number of carboxylic acids is 1. The normalized spacial score (nSPS) is 22.1. The summed E-state index contributed by atoms with van der Waals surface area (Å²) < 4.78 is 0. The molecule has 1 aliphatic heterocycles. The Morgan fingerprint density at radius 2 is 2.24 bits per heavy atom. The minimum Gasteiger partial charge on any atom is -0.478 e. The lowest BCUT2D eigenvalue weighted by molar-refractivity contribution is -0.131. The smallest absolute Gasteiger partial charge is 0.328 e. The van der Waals surface area contributed by atoms with Crippen LogP contribution >= 0.6 is 0 Å². The van der Waals surface area contributed by atoms with Crippen molar-refractivity contribution in [3.63, 3.8) is 0 Å². The zero-order valence-electron chi connectivity index (χ0n) is 12.0.